The highest BCUT2D eigenvalue weighted by Crippen LogP contribution is 2.60. The molecule has 34 heavy (non-hydrogen) atoms. The maximum absolute atomic E-state index is 12.5. The monoisotopic (exact) mass is 479 g/mol. The molecule has 0 unspecified atom stereocenters. The Labute approximate surface area is 202 Å². The van der Waals surface area contributed by atoms with Crippen molar-refractivity contribution in [3.8, 4) is 0 Å². The molecule has 0 radical (unpaired) electrons. The van der Waals surface area contributed by atoms with Gasteiger partial charge in [0.05, 0.1) is 18.2 Å². The fourth-order valence-corrected chi connectivity index (χ4v) is 7.70. The van der Waals surface area contributed by atoms with Crippen molar-refractivity contribution in [2.45, 2.75) is 50.9 Å². The van der Waals surface area contributed by atoms with Gasteiger partial charge in [-0.25, -0.2) is 13.8 Å². The van der Waals surface area contributed by atoms with E-state index in [0.29, 0.717) is 5.69 Å². The average Bonchev–Trinajstić information content (AvgIpc) is 2.77. The molecule has 0 aliphatic heterocycles. The Morgan fingerprint density at radius 1 is 1.00 bits per heavy atom. The van der Waals surface area contributed by atoms with Gasteiger partial charge in [-0.05, 0) is 91.9 Å². The van der Waals surface area contributed by atoms with Crippen LogP contribution in [0, 0.1) is 24.7 Å². The molecule has 6 nitrogen and oxygen atoms in total. The van der Waals surface area contributed by atoms with Gasteiger partial charge in [0.15, 0.2) is 0 Å². The second-order valence-electron chi connectivity index (χ2n) is 10.7. The van der Waals surface area contributed by atoms with E-state index in [1.807, 2.05) is 43.3 Å². The van der Waals surface area contributed by atoms with E-state index >= 15 is 0 Å². The summed E-state index contributed by atoms with van der Waals surface area (Å²) in [5.74, 6) is 2.06. The smallest absolute Gasteiger partial charge is 0.260 e. The van der Waals surface area contributed by atoms with Crippen LogP contribution in [0.4, 0.5) is 5.69 Å². The van der Waals surface area contributed by atoms with Crippen LogP contribution in [0.2, 0.25) is 0 Å². The Morgan fingerprint density at radius 3 is 2.09 bits per heavy atom. The lowest BCUT2D eigenvalue weighted by atomic mass is 9.48. The van der Waals surface area contributed by atoms with Gasteiger partial charge in [-0.1, -0.05) is 42.0 Å². The Kier molecular flexibility index (Phi) is 6.00. The van der Waals surface area contributed by atoms with Crippen LogP contribution in [0.1, 0.15) is 55.2 Å². The second-order valence-corrected chi connectivity index (χ2v) is 12.6. The van der Waals surface area contributed by atoms with E-state index in [0.717, 1.165) is 39.4 Å². The summed E-state index contributed by atoms with van der Waals surface area (Å²) in [5.41, 5.74) is 6.53. The molecule has 0 spiro atoms. The molecule has 4 bridgehead atoms. The fraction of sp³-hybridized carbons (Fsp3) is 0.481. The lowest BCUT2D eigenvalue weighted by Crippen LogP contribution is -2.48. The van der Waals surface area contributed by atoms with Crippen LogP contribution < -0.4 is 9.73 Å². The molecule has 4 aliphatic carbocycles. The largest absolute Gasteiger partial charge is 0.271 e. The molecule has 0 saturated heterocycles. The summed E-state index contributed by atoms with van der Waals surface area (Å²) in [6.07, 6.45) is 10.6. The van der Waals surface area contributed by atoms with E-state index in [4.69, 9.17) is 0 Å². The Morgan fingerprint density at radius 2 is 1.56 bits per heavy atom. The average molecular weight is 480 g/mol. The summed E-state index contributed by atoms with van der Waals surface area (Å²) in [5, 5.41) is 3.97. The molecule has 1 N–H and O–H groups in total. The lowest BCUT2D eigenvalue weighted by molar-refractivity contribution is -0.119. The lowest BCUT2D eigenvalue weighted by Gasteiger charge is -2.57. The first-order valence-corrected chi connectivity index (χ1v) is 14.0. The molecular weight excluding hydrogens is 446 g/mol. The zero-order chi connectivity index (χ0) is 23.9. The van der Waals surface area contributed by atoms with Gasteiger partial charge in [0.25, 0.3) is 5.91 Å². The van der Waals surface area contributed by atoms with Crippen molar-refractivity contribution in [1.82, 2.24) is 5.43 Å². The minimum absolute atomic E-state index is 0.255. The summed E-state index contributed by atoms with van der Waals surface area (Å²) in [7, 11) is -3.63. The van der Waals surface area contributed by atoms with Gasteiger partial charge in [0.2, 0.25) is 10.0 Å². The quantitative estimate of drug-likeness (QED) is 0.473. The highest BCUT2D eigenvalue weighted by molar-refractivity contribution is 7.92. The number of hydrazone groups is 1. The van der Waals surface area contributed by atoms with Crippen molar-refractivity contribution in [3.63, 3.8) is 0 Å². The van der Waals surface area contributed by atoms with E-state index < -0.39 is 15.9 Å². The predicted molar refractivity (Wildman–Crippen MR) is 135 cm³/mol. The molecule has 4 saturated carbocycles. The molecule has 4 fully saturated rings. The van der Waals surface area contributed by atoms with Crippen molar-refractivity contribution >= 4 is 27.8 Å². The minimum atomic E-state index is -3.63. The van der Waals surface area contributed by atoms with E-state index in [1.54, 1.807) is 6.21 Å². The topological polar surface area (TPSA) is 78.8 Å². The van der Waals surface area contributed by atoms with Crippen molar-refractivity contribution in [2.75, 3.05) is 17.1 Å². The molecule has 4 aliphatic rings. The summed E-state index contributed by atoms with van der Waals surface area (Å²) in [6, 6.07) is 15.6. The van der Waals surface area contributed by atoms with Crippen molar-refractivity contribution in [2.24, 2.45) is 22.9 Å². The van der Waals surface area contributed by atoms with Crippen molar-refractivity contribution in [1.29, 1.82) is 0 Å². The molecule has 180 valence electrons. The number of anilines is 1. The SMILES string of the molecule is Cc1ccc(/C=N\NC(=O)CN(c2ccc(C34CC5CC(CC(C5)C3)C4)cc2)S(C)(=O)=O)cc1. The van der Waals surface area contributed by atoms with Crippen LogP contribution in [0.3, 0.4) is 0 Å². The number of nitrogens with one attached hydrogen (secondary N) is 1. The van der Waals surface area contributed by atoms with E-state index in [1.165, 1.54) is 44.1 Å². The minimum Gasteiger partial charge on any atom is -0.271 e. The summed E-state index contributed by atoms with van der Waals surface area (Å²) < 4.78 is 26.2. The van der Waals surface area contributed by atoms with Crippen molar-refractivity contribution < 1.29 is 13.2 Å². The maximum Gasteiger partial charge on any atom is 0.260 e. The first-order chi connectivity index (χ1) is 16.2. The van der Waals surface area contributed by atoms with Crippen LogP contribution in [-0.4, -0.2) is 33.3 Å². The number of nitrogens with zero attached hydrogens (tertiary/aromatic N) is 2. The highest BCUT2D eigenvalue weighted by Gasteiger charge is 2.51. The number of carbonyl (C=O) groups is 1. The number of hydrogen-bond acceptors (Lipinski definition) is 4. The van der Waals surface area contributed by atoms with Crippen LogP contribution in [-0.2, 0) is 20.2 Å². The number of carbonyl (C=O) groups excluding carboxylic acids is 1. The molecule has 2 aromatic carbocycles. The molecule has 0 aromatic heterocycles. The molecule has 6 rings (SSSR count). The van der Waals surface area contributed by atoms with Crippen LogP contribution in [0.25, 0.3) is 0 Å². The van der Waals surface area contributed by atoms with Gasteiger partial charge in [0.1, 0.15) is 6.54 Å². The second kappa shape index (κ2) is 8.84. The Hall–Kier alpha value is -2.67. The van der Waals surface area contributed by atoms with Gasteiger partial charge < -0.3 is 0 Å². The van der Waals surface area contributed by atoms with Gasteiger partial charge >= 0.3 is 0 Å². The number of hydrogen-bond donors (Lipinski definition) is 1. The fourth-order valence-electron chi connectivity index (χ4n) is 6.84. The number of sulfonamides is 1. The number of aryl methyl sites for hydroxylation is 1. The number of amides is 1. The summed E-state index contributed by atoms with van der Waals surface area (Å²) in [4.78, 5) is 12.5. The Balaban J connectivity index is 1.28. The maximum atomic E-state index is 12.5. The van der Waals surface area contributed by atoms with Crippen LogP contribution in [0.5, 0.6) is 0 Å². The van der Waals surface area contributed by atoms with Crippen molar-refractivity contribution in [3.05, 3.63) is 65.2 Å². The molecule has 1 amide bonds. The first-order valence-electron chi connectivity index (χ1n) is 12.2. The molecule has 2 aromatic rings. The first kappa shape index (κ1) is 23.1. The van der Waals surface area contributed by atoms with Crippen LogP contribution in [0.15, 0.2) is 53.6 Å². The highest BCUT2D eigenvalue weighted by atomic mass is 32.2. The van der Waals surface area contributed by atoms with E-state index in [-0.39, 0.29) is 12.0 Å². The third-order valence-electron chi connectivity index (χ3n) is 7.97. The summed E-state index contributed by atoms with van der Waals surface area (Å²) in [6.45, 7) is 1.68. The standard InChI is InChI=1S/C27H33N3O3S/c1-19-3-5-20(6-4-19)17-28-29-26(31)18-30(34(2,32)33)25-9-7-24(8-10-25)27-14-21-11-22(15-27)13-23(12-21)16-27/h3-10,17,21-23H,11-16,18H2,1-2H3,(H,29,31)/b28-17-. The summed E-state index contributed by atoms with van der Waals surface area (Å²) >= 11 is 0. The van der Waals surface area contributed by atoms with Gasteiger partial charge in [-0.2, -0.15) is 5.10 Å². The zero-order valence-electron chi connectivity index (χ0n) is 19.9. The third kappa shape index (κ3) is 4.76. The third-order valence-corrected chi connectivity index (χ3v) is 9.11. The normalized spacial score (nSPS) is 27.8. The van der Waals surface area contributed by atoms with Gasteiger partial charge in [-0.15, -0.1) is 0 Å². The molecule has 0 atom stereocenters. The molecule has 7 heteroatoms. The van der Waals surface area contributed by atoms with Crippen LogP contribution >= 0.6 is 0 Å². The van der Waals surface area contributed by atoms with Gasteiger partial charge in [-0.3, -0.25) is 9.10 Å². The molecular formula is C27H33N3O3S. The van der Waals surface area contributed by atoms with Gasteiger partial charge in [0, 0.05) is 0 Å². The van der Waals surface area contributed by atoms with E-state index in [2.05, 4.69) is 22.7 Å². The number of benzene rings is 2. The zero-order valence-corrected chi connectivity index (χ0v) is 20.7. The Bertz CT molecular complexity index is 1150. The molecule has 0 heterocycles. The number of rotatable bonds is 7. The predicted octanol–water partition coefficient (Wildman–Crippen LogP) is 4.38. The van der Waals surface area contributed by atoms with E-state index in [9.17, 15) is 13.2 Å².